The van der Waals surface area contributed by atoms with Crippen LogP contribution in [0.5, 0.6) is 0 Å². The van der Waals surface area contributed by atoms with Crippen molar-refractivity contribution in [1.82, 2.24) is 0 Å². The molecule has 1 fully saturated rings. The van der Waals surface area contributed by atoms with Crippen LogP contribution in [-0.4, -0.2) is 12.3 Å². The fraction of sp³-hybridized carbons (Fsp3) is 0.379. The van der Waals surface area contributed by atoms with Crippen molar-refractivity contribution in [2.75, 3.05) is 6.67 Å². The number of hydrogen-bond acceptors (Lipinski definition) is 0. The topological polar surface area (TPSA) is 0 Å². The van der Waals surface area contributed by atoms with Crippen molar-refractivity contribution in [3.8, 4) is 22.3 Å². The predicted octanol–water partition coefficient (Wildman–Crippen LogP) is 8.91. The standard InChI is InChI=1S/C29H31F3/c1-2-29(32)18-7-6-10-27(29)25(17-19-30)24-15-16-26(28(31)20-24)23-13-11-22(12-14-23)21-8-4-3-5-9-21/h3-5,8-9,11-16,20,25,27H,2,6-7,10,17-19H2,1H3. The zero-order chi connectivity index (χ0) is 22.6. The van der Waals surface area contributed by atoms with Crippen LogP contribution < -0.4 is 0 Å². The Kier molecular flexibility index (Phi) is 7.03. The molecule has 1 aliphatic rings. The smallest absolute Gasteiger partial charge is 0.131 e. The van der Waals surface area contributed by atoms with Crippen molar-refractivity contribution in [3.05, 3.63) is 84.2 Å². The Labute approximate surface area is 189 Å². The first kappa shape index (κ1) is 22.6. The Morgan fingerprint density at radius 2 is 1.59 bits per heavy atom. The first-order valence-corrected chi connectivity index (χ1v) is 11.8. The molecule has 3 aromatic rings. The number of hydrogen-bond donors (Lipinski definition) is 0. The molecule has 3 unspecified atom stereocenters. The maximum atomic E-state index is 15.6. The molecule has 3 heteroatoms. The summed E-state index contributed by atoms with van der Waals surface area (Å²) >= 11 is 0. The van der Waals surface area contributed by atoms with Crippen molar-refractivity contribution in [2.24, 2.45) is 5.92 Å². The normalized spacial score (nSPS) is 21.9. The zero-order valence-corrected chi connectivity index (χ0v) is 18.7. The summed E-state index contributed by atoms with van der Waals surface area (Å²) in [5.41, 5.74) is 2.92. The number of rotatable bonds is 7. The molecular formula is C29H31F3. The molecule has 1 aliphatic carbocycles. The highest BCUT2D eigenvalue weighted by atomic mass is 19.1. The SMILES string of the molecule is CCC1(F)CCCCC1C(CCF)c1ccc(-c2ccc(-c3ccccc3)cc2)c(F)c1. The summed E-state index contributed by atoms with van der Waals surface area (Å²) in [5.74, 6) is -0.891. The fourth-order valence-corrected chi connectivity index (χ4v) is 5.41. The van der Waals surface area contributed by atoms with Gasteiger partial charge in [0.15, 0.2) is 0 Å². The Balaban J connectivity index is 1.61. The molecule has 32 heavy (non-hydrogen) atoms. The molecule has 168 valence electrons. The monoisotopic (exact) mass is 436 g/mol. The van der Waals surface area contributed by atoms with Crippen molar-refractivity contribution in [1.29, 1.82) is 0 Å². The highest BCUT2D eigenvalue weighted by Crippen LogP contribution is 2.48. The second-order valence-corrected chi connectivity index (χ2v) is 9.01. The molecular weight excluding hydrogens is 405 g/mol. The van der Waals surface area contributed by atoms with Crippen molar-refractivity contribution in [2.45, 2.75) is 57.0 Å². The Morgan fingerprint density at radius 1 is 0.906 bits per heavy atom. The van der Waals surface area contributed by atoms with Crippen LogP contribution in [0, 0.1) is 11.7 Å². The Morgan fingerprint density at radius 3 is 2.25 bits per heavy atom. The molecule has 3 aromatic carbocycles. The van der Waals surface area contributed by atoms with Gasteiger partial charge < -0.3 is 0 Å². The van der Waals surface area contributed by atoms with Gasteiger partial charge in [0.2, 0.25) is 0 Å². The highest BCUT2D eigenvalue weighted by Gasteiger charge is 2.44. The van der Waals surface area contributed by atoms with Crippen LogP contribution in [0.25, 0.3) is 22.3 Å². The molecule has 3 atom stereocenters. The molecule has 0 N–H and O–H groups in total. The molecule has 0 aliphatic heterocycles. The highest BCUT2D eigenvalue weighted by molar-refractivity contribution is 5.70. The van der Waals surface area contributed by atoms with Gasteiger partial charge in [0, 0.05) is 5.56 Å². The van der Waals surface area contributed by atoms with Gasteiger partial charge in [-0.15, -0.1) is 0 Å². The van der Waals surface area contributed by atoms with Gasteiger partial charge in [-0.05, 0) is 65.8 Å². The van der Waals surface area contributed by atoms with E-state index in [4.69, 9.17) is 0 Å². The van der Waals surface area contributed by atoms with E-state index < -0.39 is 12.3 Å². The molecule has 4 rings (SSSR count). The summed E-state index contributed by atoms with van der Waals surface area (Å²) in [5, 5.41) is 0. The van der Waals surface area contributed by atoms with Gasteiger partial charge >= 0.3 is 0 Å². The summed E-state index contributed by atoms with van der Waals surface area (Å²) in [6, 6.07) is 23.0. The van der Waals surface area contributed by atoms with Gasteiger partial charge in [-0.25, -0.2) is 8.78 Å². The van der Waals surface area contributed by atoms with E-state index in [9.17, 15) is 4.39 Å². The van der Waals surface area contributed by atoms with Gasteiger partial charge in [0.05, 0.1) is 6.67 Å². The summed E-state index contributed by atoms with van der Waals surface area (Å²) in [6.07, 6.45) is 3.74. The molecule has 0 heterocycles. The molecule has 0 aromatic heterocycles. The van der Waals surface area contributed by atoms with E-state index in [1.165, 1.54) is 6.07 Å². The number of halogens is 3. The molecule has 0 saturated heterocycles. The maximum absolute atomic E-state index is 15.6. The van der Waals surface area contributed by atoms with Crippen molar-refractivity contribution < 1.29 is 13.2 Å². The van der Waals surface area contributed by atoms with Gasteiger partial charge in [-0.2, -0.15) is 0 Å². The van der Waals surface area contributed by atoms with Crippen LogP contribution >= 0.6 is 0 Å². The maximum Gasteiger partial charge on any atom is 0.131 e. The lowest BCUT2D eigenvalue weighted by molar-refractivity contribution is 0.0155. The van der Waals surface area contributed by atoms with Crippen LogP contribution in [0.15, 0.2) is 72.8 Å². The average molecular weight is 437 g/mol. The predicted molar refractivity (Wildman–Crippen MR) is 127 cm³/mol. The Hall–Kier alpha value is -2.55. The van der Waals surface area contributed by atoms with Crippen LogP contribution in [0.3, 0.4) is 0 Å². The van der Waals surface area contributed by atoms with Gasteiger partial charge in [-0.3, -0.25) is 4.39 Å². The number of alkyl halides is 2. The summed E-state index contributed by atoms with van der Waals surface area (Å²) in [4.78, 5) is 0. The van der Waals surface area contributed by atoms with Crippen molar-refractivity contribution >= 4 is 0 Å². The quantitative estimate of drug-likeness (QED) is 0.347. The zero-order valence-electron chi connectivity index (χ0n) is 18.7. The third-order valence-electron chi connectivity index (χ3n) is 7.24. The molecule has 0 spiro atoms. The van der Waals surface area contributed by atoms with Gasteiger partial charge in [-0.1, -0.05) is 86.5 Å². The van der Waals surface area contributed by atoms with Gasteiger partial charge in [0.25, 0.3) is 0 Å². The van der Waals surface area contributed by atoms with Gasteiger partial charge in [0.1, 0.15) is 11.5 Å². The molecule has 1 saturated carbocycles. The molecule has 0 amide bonds. The van der Waals surface area contributed by atoms with Crippen LogP contribution in [0.2, 0.25) is 0 Å². The van der Waals surface area contributed by atoms with E-state index in [1.54, 1.807) is 6.07 Å². The van der Waals surface area contributed by atoms with E-state index in [-0.39, 0.29) is 24.1 Å². The number of benzene rings is 3. The third kappa shape index (κ3) is 4.62. The lowest BCUT2D eigenvalue weighted by Gasteiger charge is -2.42. The molecule has 0 nitrogen and oxygen atoms in total. The van der Waals surface area contributed by atoms with Crippen LogP contribution in [0.1, 0.15) is 56.9 Å². The van der Waals surface area contributed by atoms with E-state index in [0.717, 1.165) is 36.0 Å². The summed E-state index contributed by atoms with van der Waals surface area (Å²) < 4.78 is 44.3. The largest absolute Gasteiger partial charge is 0.251 e. The summed E-state index contributed by atoms with van der Waals surface area (Å²) in [6.45, 7) is 1.35. The molecule has 0 radical (unpaired) electrons. The summed E-state index contributed by atoms with van der Waals surface area (Å²) in [7, 11) is 0. The van der Waals surface area contributed by atoms with Crippen LogP contribution in [-0.2, 0) is 0 Å². The van der Waals surface area contributed by atoms with E-state index >= 15 is 8.78 Å². The minimum atomic E-state index is -1.29. The lowest BCUT2D eigenvalue weighted by Crippen LogP contribution is -2.39. The second-order valence-electron chi connectivity index (χ2n) is 9.01. The lowest BCUT2D eigenvalue weighted by atomic mass is 9.66. The van der Waals surface area contributed by atoms with E-state index in [1.807, 2.05) is 67.6 Å². The first-order valence-electron chi connectivity index (χ1n) is 11.8. The van der Waals surface area contributed by atoms with Crippen molar-refractivity contribution in [3.63, 3.8) is 0 Å². The van der Waals surface area contributed by atoms with E-state index in [0.29, 0.717) is 24.0 Å². The minimum absolute atomic E-state index is 0.237. The fourth-order valence-electron chi connectivity index (χ4n) is 5.41. The second kappa shape index (κ2) is 9.94. The molecule has 0 bridgehead atoms. The third-order valence-corrected chi connectivity index (χ3v) is 7.24. The first-order chi connectivity index (χ1) is 15.6. The average Bonchev–Trinajstić information content (AvgIpc) is 2.84. The Bertz CT molecular complexity index is 1010. The minimum Gasteiger partial charge on any atom is -0.251 e. The van der Waals surface area contributed by atoms with Crippen LogP contribution in [0.4, 0.5) is 13.2 Å². The van der Waals surface area contributed by atoms with E-state index in [2.05, 4.69) is 0 Å².